The number of rotatable bonds is 1. The van der Waals surface area contributed by atoms with Gasteiger partial charge in [-0.15, -0.1) is 0 Å². The Morgan fingerprint density at radius 1 is 1.29 bits per heavy atom. The third-order valence-electron chi connectivity index (χ3n) is 4.27. The lowest BCUT2D eigenvalue weighted by Crippen LogP contribution is -2.56. The number of amides is 2. The number of piperazine rings is 1. The zero-order valence-electron chi connectivity index (χ0n) is 12.5. The standard InChI is InChI=1S/C16H21N3O2/c1-10-9-19(11(2)8-17-10)16(21)13-3-5-14-12(7-13)4-6-15(20)18-14/h3,5,7,10-11,17H,4,6,8-9H2,1-2H3,(H,18,20). The molecule has 21 heavy (non-hydrogen) atoms. The Morgan fingerprint density at radius 3 is 2.90 bits per heavy atom. The topological polar surface area (TPSA) is 61.4 Å². The molecule has 2 N–H and O–H groups in total. The van der Waals surface area contributed by atoms with Crippen molar-refractivity contribution in [3.63, 3.8) is 0 Å². The maximum absolute atomic E-state index is 12.7. The third kappa shape index (κ3) is 2.78. The molecular formula is C16H21N3O2. The number of anilines is 1. The number of nitrogens with zero attached hydrogens (tertiary/aromatic N) is 1. The first-order valence-corrected chi connectivity index (χ1v) is 7.51. The van der Waals surface area contributed by atoms with Gasteiger partial charge in [-0.2, -0.15) is 0 Å². The van der Waals surface area contributed by atoms with Crippen LogP contribution >= 0.6 is 0 Å². The van der Waals surface area contributed by atoms with Crippen molar-refractivity contribution in [2.45, 2.75) is 38.8 Å². The van der Waals surface area contributed by atoms with E-state index in [4.69, 9.17) is 0 Å². The van der Waals surface area contributed by atoms with E-state index in [2.05, 4.69) is 24.5 Å². The molecule has 5 nitrogen and oxygen atoms in total. The zero-order valence-corrected chi connectivity index (χ0v) is 12.5. The van der Waals surface area contributed by atoms with Gasteiger partial charge in [0.2, 0.25) is 5.91 Å². The van der Waals surface area contributed by atoms with Crippen LogP contribution < -0.4 is 10.6 Å². The van der Waals surface area contributed by atoms with Crippen molar-refractivity contribution >= 4 is 17.5 Å². The minimum absolute atomic E-state index is 0.0473. The van der Waals surface area contributed by atoms with Crippen molar-refractivity contribution in [1.82, 2.24) is 10.2 Å². The first-order chi connectivity index (χ1) is 10.0. The van der Waals surface area contributed by atoms with Gasteiger partial charge in [-0.05, 0) is 44.0 Å². The van der Waals surface area contributed by atoms with Gasteiger partial charge in [0.05, 0.1) is 0 Å². The lowest BCUT2D eigenvalue weighted by Gasteiger charge is -2.37. The Balaban J connectivity index is 1.83. The van der Waals surface area contributed by atoms with E-state index >= 15 is 0 Å². The molecule has 1 aromatic carbocycles. The van der Waals surface area contributed by atoms with E-state index in [1.807, 2.05) is 23.1 Å². The lowest BCUT2D eigenvalue weighted by atomic mass is 9.99. The van der Waals surface area contributed by atoms with Gasteiger partial charge in [0.25, 0.3) is 5.91 Å². The van der Waals surface area contributed by atoms with Crippen LogP contribution in [0.3, 0.4) is 0 Å². The number of nitrogens with one attached hydrogen (secondary N) is 2. The van der Waals surface area contributed by atoms with Gasteiger partial charge in [0.1, 0.15) is 0 Å². The van der Waals surface area contributed by atoms with Gasteiger partial charge in [-0.25, -0.2) is 0 Å². The summed E-state index contributed by atoms with van der Waals surface area (Å²) in [5.74, 6) is 0.127. The van der Waals surface area contributed by atoms with Crippen molar-refractivity contribution in [1.29, 1.82) is 0 Å². The molecule has 2 aliphatic rings. The number of hydrogen-bond acceptors (Lipinski definition) is 3. The highest BCUT2D eigenvalue weighted by Gasteiger charge is 2.28. The minimum Gasteiger partial charge on any atom is -0.333 e. The number of benzene rings is 1. The summed E-state index contributed by atoms with van der Waals surface area (Å²) in [6, 6.07) is 6.10. The summed E-state index contributed by atoms with van der Waals surface area (Å²) >= 11 is 0. The molecule has 0 aliphatic carbocycles. The first kappa shape index (κ1) is 14.1. The Labute approximate surface area is 124 Å². The predicted octanol–water partition coefficient (Wildman–Crippen LogP) is 1.39. The van der Waals surface area contributed by atoms with E-state index in [-0.39, 0.29) is 17.9 Å². The minimum atomic E-state index is 0.0473. The van der Waals surface area contributed by atoms with Crippen molar-refractivity contribution < 1.29 is 9.59 Å². The molecule has 3 rings (SSSR count). The summed E-state index contributed by atoms with van der Waals surface area (Å²) in [5.41, 5.74) is 2.60. The second-order valence-corrected chi connectivity index (χ2v) is 6.04. The second-order valence-electron chi connectivity index (χ2n) is 6.04. The Hall–Kier alpha value is -1.88. The first-order valence-electron chi connectivity index (χ1n) is 7.51. The number of carbonyl (C=O) groups is 2. The summed E-state index contributed by atoms with van der Waals surface area (Å²) in [5, 5.41) is 6.23. The highest BCUT2D eigenvalue weighted by Crippen LogP contribution is 2.24. The van der Waals surface area contributed by atoms with Gasteiger partial charge >= 0.3 is 0 Å². The van der Waals surface area contributed by atoms with Crippen LogP contribution in [0.1, 0.15) is 36.2 Å². The van der Waals surface area contributed by atoms with Crippen LogP contribution in [0.5, 0.6) is 0 Å². The van der Waals surface area contributed by atoms with Crippen LogP contribution in [0.25, 0.3) is 0 Å². The van der Waals surface area contributed by atoms with Crippen LogP contribution in [0.4, 0.5) is 5.69 Å². The Kier molecular flexibility index (Phi) is 3.68. The van der Waals surface area contributed by atoms with Gasteiger partial charge in [0, 0.05) is 42.8 Å². The molecule has 112 valence electrons. The fourth-order valence-corrected chi connectivity index (χ4v) is 2.99. The van der Waals surface area contributed by atoms with Gasteiger partial charge in [-0.3, -0.25) is 9.59 Å². The van der Waals surface area contributed by atoms with E-state index in [1.165, 1.54) is 0 Å². The number of fused-ring (bicyclic) bond motifs is 1. The molecule has 2 heterocycles. The summed E-state index contributed by atoms with van der Waals surface area (Å²) in [7, 11) is 0. The molecule has 2 amide bonds. The number of hydrogen-bond donors (Lipinski definition) is 2. The van der Waals surface area contributed by atoms with Crippen molar-refractivity contribution in [2.24, 2.45) is 0 Å². The van der Waals surface area contributed by atoms with E-state index in [0.717, 1.165) is 24.3 Å². The second kappa shape index (κ2) is 5.48. The highest BCUT2D eigenvalue weighted by molar-refractivity contribution is 5.98. The molecule has 2 atom stereocenters. The molecule has 1 aromatic rings. The average Bonchev–Trinajstić information content (AvgIpc) is 2.48. The number of aryl methyl sites for hydroxylation is 1. The molecule has 1 saturated heterocycles. The van der Waals surface area contributed by atoms with Gasteiger partial charge < -0.3 is 15.5 Å². The Bertz CT molecular complexity index is 585. The monoisotopic (exact) mass is 287 g/mol. The molecule has 0 spiro atoms. The molecule has 2 aliphatic heterocycles. The third-order valence-corrected chi connectivity index (χ3v) is 4.27. The Morgan fingerprint density at radius 2 is 2.10 bits per heavy atom. The average molecular weight is 287 g/mol. The van der Waals surface area contributed by atoms with E-state index < -0.39 is 0 Å². The largest absolute Gasteiger partial charge is 0.333 e. The molecule has 0 aromatic heterocycles. The lowest BCUT2D eigenvalue weighted by molar-refractivity contribution is -0.116. The van der Waals surface area contributed by atoms with Gasteiger partial charge in [0.15, 0.2) is 0 Å². The van der Waals surface area contributed by atoms with Crippen molar-refractivity contribution in [3.05, 3.63) is 29.3 Å². The quantitative estimate of drug-likeness (QED) is 0.820. The summed E-state index contributed by atoms with van der Waals surface area (Å²) in [6.45, 7) is 5.71. The fraction of sp³-hybridized carbons (Fsp3) is 0.500. The summed E-state index contributed by atoms with van der Waals surface area (Å²) in [4.78, 5) is 26.0. The van der Waals surface area contributed by atoms with Crippen molar-refractivity contribution in [3.8, 4) is 0 Å². The maximum Gasteiger partial charge on any atom is 0.254 e. The van der Waals surface area contributed by atoms with E-state index in [0.29, 0.717) is 24.4 Å². The van der Waals surface area contributed by atoms with Crippen LogP contribution in [0.2, 0.25) is 0 Å². The molecule has 0 bridgehead atoms. The summed E-state index contributed by atoms with van der Waals surface area (Å²) in [6.07, 6.45) is 1.20. The normalized spacial score (nSPS) is 25.2. The van der Waals surface area contributed by atoms with Crippen LogP contribution in [0.15, 0.2) is 18.2 Å². The van der Waals surface area contributed by atoms with Crippen LogP contribution in [-0.4, -0.2) is 41.9 Å². The smallest absolute Gasteiger partial charge is 0.254 e. The van der Waals surface area contributed by atoms with Crippen molar-refractivity contribution in [2.75, 3.05) is 18.4 Å². The van der Waals surface area contributed by atoms with E-state index in [9.17, 15) is 9.59 Å². The SMILES string of the molecule is CC1CN(C(=O)c2ccc3c(c2)CCC(=O)N3)C(C)CN1. The maximum atomic E-state index is 12.7. The van der Waals surface area contributed by atoms with E-state index in [1.54, 1.807) is 0 Å². The molecular weight excluding hydrogens is 266 g/mol. The predicted molar refractivity (Wildman–Crippen MR) is 81.4 cm³/mol. The molecule has 2 unspecified atom stereocenters. The van der Waals surface area contributed by atoms with Crippen LogP contribution in [-0.2, 0) is 11.2 Å². The fourth-order valence-electron chi connectivity index (χ4n) is 2.99. The highest BCUT2D eigenvalue weighted by atomic mass is 16.2. The molecule has 0 radical (unpaired) electrons. The van der Waals surface area contributed by atoms with Gasteiger partial charge in [-0.1, -0.05) is 0 Å². The molecule has 0 saturated carbocycles. The molecule has 5 heteroatoms. The molecule has 1 fully saturated rings. The zero-order chi connectivity index (χ0) is 15.0. The van der Waals surface area contributed by atoms with Crippen LogP contribution in [0, 0.1) is 0 Å². The number of carbonyl (C=O) groups excluding carboxylic acids is 2. The summed E-state index contributed by atoms with van der Waals surface area (Å²) < 4.78 is 0.